The van der Waals surface area contributed by atoms with E-state index < -0.39 is 0 Å². The monoisotopic (exact) mass is 207 g/mol. The van der Waals surface area contributed by atoms with Crippen LogP contribution in [0.3, 0.4) is 0 Å². The third-order valence-corrected chi connectivity index (χ3v) is 2.41. The number of hydrogen-bond donors (Lipinski definition) is 2. The zero-order valence-electron chi connectivity index (χ0n) is 8.99. The summed E-state index contributed by atoms with van der Waals surface area (Å²) in [4.78, 5) is 7.40. The van der Waals surface area contributed by atoms with Crippen LogP contribution in [0.15, 0.2) is 24.2 Å². The summed E-state index contributed by atoms with van der Waals surface area (Å²) >= 11 is 0. The minimum Gasteiger partial charge on any atom is -0.496 e. The summed E-state index contributed by atoms with van der Waals surface area (Å²) in [6.07, 6.45) is 7.84. The fraction of sp³-hybridized carbons (Fsp3) is 0.545. The van der Waals surface area contributed by atoms with Crippen molar-refractivity contribution in [1.29, 1.82) is 0 Å². The Labute approximate surface area is 89.7 Å². The lowest BCUT2D eigenvalue weighted by Crippen LogP contribution is -2.25. The first-order valence-electron chi connectivity index (χ1n) is 5.47. The summed E-state index contributed by atoms with van der Waals surface area (Å²) in [5.41, 5.74) is 0. The van der Waals surface area contributed by atoms with Crippen LogP contribution in [0, 0.1) is 0 Å². The van der Waals surface area contributed by atoms with Crippen LogP contribution in [0.2, 0.25) is 0 Å². The summed E-state index contributed by atoms with van der Waals surface area (Å²) in [5, 5.41) is 3.43. The number of H-pyrrole nitrogens is 1. The van der Waals surface area contributed by atoms with Crippen LogP contribution in [0.5, 0.6) is 0 Å². The van der Waals surface area contributed by atoms with Gasteiger partial charge in [0, 0.05) is 18.8 Å². The summed E-state index contributed by atoms with van der Waals surface area (Å²) < 4.78 is 5.57. The van der Waals surface area contributed by atoms with Crippen LogP contribution < -0.4 is 5.32 Å². The van der Waals surface area contributed by atoms with Gasteiger partial charge >= 0.3 is 0 Å². The third kappa shape index (κ3) is 2.39. The Morgan fingerprint density at radius 2 is 2.60 bits per heavy atom. The molecule has 0 fully saturated rings. The fourth-order valence-corrected chi connectivity index (χ4v) is 1.69. The van der Waals surface area contributed by atoms with Gasteiger partial charge in [-0.15, -0.1) is 0 Å². The number of nitrogens with one attached hydrogen (secondary N) is 2. The molecular formula is C11H17N3O. The van der Waals surface area contributed by atoms with Gasteiger partial charge in [0.2, 0.25) is 0 Å². The van der Waals surface area contributed by atoms with Crippen molar-refractivity contribution in [1.82, 2.24) is 15.3 Å². The molecule has 1 aromatic heterocycles. The van der Waals surface area contributed by atoms with E-state index in [4.69, 9.17) is 4.74 Å². The first-order chi connectivity index (χ1) is 7.42. The minimum atomic E-state index is 0.0856. The van der Waals surface area contributed by atoms with Crippen molar-refractivity contribution >= 4 is 0 Å². The number of ether oxygens (including phenoxy) is 1. The molecule has 2 rings (SSSR count). The van der Waals surface area contributed by atoms with Gasteiger partial charge in [0.1, 0.15) is 17.6 Å². The molecule has 1 aromatic rings. The maximum Gasteiger partial charge on any atom is 0.131 e. The normalized spacial score (nSPS) is 17.3. The van der Waals surface area contributed by atoms with Crippen LogP contribution in [-0.4, -0.2) is 23.1 Å². The summed E-state index contributed by atoms with van der Waals surface area (Å²) in [5.74, 6) is 1.93. The molecule has 0 radical (unpaired) electrons. The molecule has 0 bridgehead atoms. The molecular weight excluding hydrogens is 190 g/mol. The molecule has 15 heavy (non-hydrogen) atoms. The summed E-state index contributed by atoms with van der Waals surface area (Å²) in [6.45, 7) is 3.91. The topological polar surface area (TPSA) is 49.9 Å². The standard InChI is InChI=1S/C11H17N3O/c1-2-5-12-10(9-4-3-8-15-9)11-13-6-7-14-11/h4,6-7,10,12H,2-3,5,8H2,1H3,(H,13,14). The Balaban J connectivity index is 2.09. The van der Waals surface area contributed by atoms with Gasteiger partial charge in [-0.2, -0.15) is 0 Å². The highest BCUT2D eigenvalue weighted by Crippen LogP contribution is 2.23. The van der Waals surface area contributed by atoms with Crippen LogP contribution in [-0.2, 0) is 4.74 Å². The number of nitrogens with zero attached hydrogens (tertiary/aromatic N) is 1. The fourth-order valence-electron chi connectivity index (χ4n) is 1.69. The number of imidazole rings is 1. The van der Waals surface area contributed by atoms with E-state index in [1.807, 2.05) is 6.20 Å². The zero-order chi connectivity index (χ0) is 10.5. The lowest BCUT2D eigenvalue weighted by atomic mass is 10.2. The zero-order valence-corrected chi connectivity index (χ0v) is 8.99. The Morgan fingerprint density at radius 3 is 3.20 bits per heavy atom. The van der Waals surface area contributed by atoms with E-state index in [1.54, 1.807) is 6.20 Å². The second-order valence-electron chi connectivity index (χ2n) is 3.61. The molecule has 1 aliphatic heterocycles. The number of aromatic amines is 1. The molecule has 0 aromatic carbocycles. The van der Waals surface area contributed by atoms with Crippen LogP contribution >= 0.6 is 0 Å². The van der Waals surface area contributed by atoms with Gasteiger partial charge in [-0.25, -0.2) is 4.98 Å². The number of hydrogen-bond acceptors (Lipinski definition) is 3. The maximum atomic E-state index is 5.57. The van der Waals surface area contributed by atoms with Crippen LogP contribution in [0.1, 0.15) is 31.6 Å². The lowest BCUT2D eigenvalue weighted by molar-refractivity contribution is 0.213. The van der Waals surface area contributed by atoms with E-state index in [-0.39, 0.29) is 6.04 Å². The average molecular weight is 207 g/mol. The smallest absolute Gasteiger partial charge is 0.131 e. The van der Waals surface area contributed by atoms with E-state index in [0.717, 1.165) is 37.6 Å². The van der Waals surface area contributed by atoms with E-state index in [9.17, 15) is 0 Å². The molecule has 0 amide bonds. The summed E-state index contributed by atoms with van der Waals surface area (Å²) in [6, 6.07) is 0.0856. The van der Waals surface area contributed by atoms with Crippen molar-refractivity contribution in [2.45, 2.75) is 25.8 Å². The maximum absolute atomic E-state index is 5.57. The average Bonchev–Trinajstić information content (AvgIpc) is 2.90. The first kappa shape index (κ1) is 10.2. The highest BCUT2D eigenvalue weighted by molar-refractivity contribution is 5.14. The number of aromatic nitrogens is 2. The Bertz CT molecular complexity index is 319. The van der Waals surface area contributed by atoms with Crippen molar-refractivity contribution in [3.63, 3.8) is 0 Å². The van der Waals surface area contributed by atoms with Gasteiger partial charge in [-0.1, -0.05) is 6.92 Å². The Morgan fingerprint density at radius 1 is 1.67 bits per heavy atom. The highest BCUT2D eigenvalue weighted by atomic mass is 16.5. The van der Waals surface area contributed by atoms with Gasteiger partial charge in [0.15, 0.2) is 0 Å². The minimum absolute atomic E-state index is 0.0856. The molecule has 1 unspecified atom stereocenters. The molecule has 1 atom stereocenters. The van der Waals surface area contributed by atoms with Crippen LogP contribution in [0.25, 0.3) is 0 Å². The summed E-state index contributed by atoms with van der Waals surface area (Å²) in [7, 11) is 0. The largest absolute Gasteiger partial charge is 0.496 e. The molecule has 0 saturated heterocycles. The first-order valence-corrected chi connectivity index (χ1v) is 5.47. The molecule has 0 spiro atoms. The Hall–Kier alpha value is -1.29. The van der Waals surface area contributed by atoms with E-state index in [1.165, 1.54) is 0 Å². The van der Waals surface area contributed by atoms with Gasteiger partial charge in [0.25, 0.3) is 0 Å². The molecule has 0 aliphatic carbocycles. The molecule has 4 heteroatoms. The van der Waals surface area contributed by atoms with E-state index in [2.05, 4.69) is 28.3 Å². The van der Waals surface area contributed by atoms with Crippen molar-refractivity contribution in [3.05, 3.63) is 30.1 Å². The third-order valence-electron chi connectivity index (χ3n) is 2.41. The highest BCUT2D eigenvalue weighted by Gasteiger charge is 2.21. The molecule has 4 nitrogen and oxygen atoms in total. The lowest BCUT2D eigenvalue weighted by Gasteiger charge is -2.17. The van der Waals surface area contributed by atoms with Crippen LogP contribution in [0.4, 0.5) is 0 Å². The van der Waals surface area contributed by atoms with Gasteiger partial charge < -0.3 is 15.0 Å². The van der Waals surface area contributed by atoms with E-state index in [0.29, 0.717) is 0 Å². The quantitative estimate of drug-likeness (QED) is 0.773. The van der Waals surface area contributed by atoms with Gasteiger partial charge in [0.05, 0.1) is 6.61 Å². The number of rotatable bonds is 5. The van der Waals surface area contributed by atoms with Crippen molar-refractivity contribution in [3.8, 4) is 0 Å². The second kappa shape index (κ2) is 4.98. The Kier molecular flexibility index (Phi) is 3.40. The molecule has 2 heterocycles. The SMILES string of the molecule is CCCNC(C1=CCCO1)c1ncc[nH]1. The van der Waals surface area contributed by atoms with Crippen molar-refractivity contribution in [2.24, 2.45) is 0 Å². The molecule has 0 saturated carbocycles. The van der Waals surface area contributed by atoms with Gasteiger partial charge in [-0.3, -0.25) is 0 Å². The van der Waals surface area contributed by atoms with Crippen molar-refractivity contribution in [2.75, 3.05) is 13.2 Å². The molecule has 82 valence electrons. The van der Waals surface area contributed by atoms with Crippen molar-refractivity contribution < 1.29 is 4.74 Å². The second-order valence-corrected chi connectivity index (χ2v) is 3.61. The van der Waals surface area contributed by atoms with E-state index >= 15 is 0 Å². The predicted octanol–water partition coefficient (Wildman–Crippen LogP) is 1.75. The molecule has 2 N–H and O–H groups in total. The van der Waals surface area contributed by atoms with Gasteiger partial charge in [-0.05, 0) is 19.0 Å². The molecule has 1 aliphatic rings. The predicted molar refractivity (Wildman–Crippen MR) is 58.3 cm³/mol.